The van der Waals surface area contributed by atoms with Crippen LogP contribution in [0.1, 0.15) is 65.2 Å². The highest BCUT2D eigenvalue weighted by atomic mass is 16.3. The van der Waals surface area contributed by atoms with Crippen LogP contribution in [0.3, 0.4) is 0 Å². The maximum Gasteiger partial charge on any atom is 0.0445 e. The molecule has 2 fully saturated rings. The van der Waals surface area contributed by atoms with Gasteiger partial charge in [0.2, 0.25) is 0 Å². The van der Waals surface area contributed by atoms with Gasteiger partial charge < -0.3 is 10.4 Å². The molecule has 2 aliphatic rings. The number of rotatable bonds is 7. The van der Waals surface area contributed by atoms with E-state index < -0.39 is 0 Å². The van der Waals surface area contributed by atoms with Crippen molar-refractivity contribution in [3.63, 3.8) is 0 Å². The number of hydrogen-bond acceptors (Lipinski definition) is 3. The average molecular weight is 282 g/mol. The van der Waals surface area contributed by atoms with Crippen molar-refractivity contribution in [3.05, 3.63) is 0 Å². The van der Waals surface area contributed by atoms with Crippen LogP contribution in [-0.2, 0) is 0 Å². The molecule has 1 aliphatic carbocycles. The lowest BCUT2D eigenvalue weighted by molar-refractivity contribution is 0.0659. The van der Waals surface area contributed by atoms with E-state index in [2.05, 4.69) is 24.1 Å². The zero-order valence-electron chi connectivity index (χ0n) is 13.5. The Kier molecular flexibility index (Phi) is 6.31. The fourth-order valence-corrected chi connectivity index (χ4v) is 4.11. The summed E-state index contributed by atoms with van der Waals surface area (Å²) in [5.74, 6) is 0. The maximum atomic E-state index is 9.30. The molecule has 1 saturated heterocycles. The number of hydrogen-bond donors (Lipinski definition) is 2. The number of likely N-dealkylation sites (tertiary alicyclic amines) is 1. The maximum absolute atomic E-state index is 9.30. The molecular formula is C17H34N2O. The zero-order chi connectivity index (χ0) is 14.4. The van der Waals surface area contributed by atoms with E-state index in [1.54, 1.807) is 0 Å². The van der Waals surface area contributed by atoms with Gasteiger partial charge in [-0.3, -0.25) is 4.90 Å². The quantitative estimate of drug-likeness (QED) is 0.754. The monoisotopic (exact) mass is 282 g/mol. The van der Waals surface area contributed by atoms with Crippen LogP contribution in [0, 0.1) is 5.41 Å². The first kappa shape index (κ1) is 16.3. The Morgan fingerprint density at radius 3 is 2.60 bits per heavy atom. The van der Waals surface area contributed by atoms with Gasteiger partial charge >= 0.3 is 0 Å². The van der Waals surface area contributed by atoms with Gasteiger partial charge in [-0.25, -0.2) is 0 Å². The van der Waals surface area contributed by atoms with Gasteiger partial charge in [0.15, 0.2) is 0 Å². The number of piperidine rings is 1. The summed E-state index contributed by atoms with van der Waals surface area (Å²) in [6, 6.07) is 1.22. The molecule has 3 heteroatoms. The molecule has 1 aliphatic heterocycles. The minimum atomic E-state index is 0.346. The molecule has 20 heavy (non-hydrogen) atoms. The van der Waals surface area contributed by atoms with Crippen LogP contribution in [0.2, 0.25) is 0 Å². The lowest BCUT2D eigenvalue weighted by Gasteiger charge is -2.42. The Morgan fingerprint density at radius 2 is 1.95 bits per heavy atom. The molecule has 0 radical (unpaired) electrons. The molecule has 2 rings (SSSR count). The number of aliphatic hydroxyl groups excluding tert-OH is 1. The highest BCUT2D eigenvalue weighted by Crippen LogP contribution is 2.39. The SMILES string of the molecule is CC(C)NCC1(CN2CCCCC2CCO)CCCC1. The Labute approximate surface area is 125 Å². The van der Waals surface area contributed by atoms with Gasteiger partial charge in [-0.15, -0.1) is 0 Å². The van der Waals surface area contributed by atoms with Crippen molar-refractivity contribution in [2.45, 2.75) is 77.3 Å². The van der Waals surface area contributed by atoms with Crippen molar-refractivity contribution in [2.75, 3.05) is 26.2 Å². The Bertz CT molecular complexity index is 272. The van der Waals surface area contributed by atoms with E-state index in [0.717, 1.165) is 6.42 Å². The van der Waals surface area contributed by atoms with Gasteiger partial charge in [-0.05, 0) is 44.1 Å². The molecule has 1 atom stereocenters. The molecule has 118 valence electrons. The van der Waals surface area contributed by atoms with Crippen molar-refractivity contribution in [2.24, 2.45) is 5.41 Å². The van der Waals surface area contributed by atoms with E-state index in [9.17, 15) is 5.11 Å². The molecule has 0 spiro atoms. The second-order valence-corrected chi connectivity index (χ2v) is 7.38. The molecular weight excluding hydrogens is 248 g/mol. The van der Waals surface area contributed by atoms with Crippen molar-refractivity contribution in [1.82, 2.24) is 10.2 Å². The lowest BCUT2D eigenvalue weighted by Crippen LogP contribution is -2.49. The minimum Gasteiger partial charge on any atom is -0.396 e. The second kappa shape index (κ2) is 7.77. The van der Waals surface area contributed by atoms with Gasteiger partial charge in [0.05, 0.1) is 0 Å². The molecule has 0 aromatic heterocycles. The molecule has 0 aromatic carbocycles. The summed E-state index contributed by atoms with van der Waals surface area (Å²) < 4.78 is 0. The largest absolute Gasteiger partial charge is 0.396 e. The molecule has 0 bridgehead atoms. The van der Waals surface area contributed by atoms with E-state index in [4.69, 9.17) is 0 Å². The third kappa shape index (κ3) is 4.44. The fraction of sp³-hybridized carbons (Fsp3) is 1.00. The Morgan fingerprint density at radius 1 is 1.20 bits per heavy atom. The first-order valence-electron chi connectivity index (χ1n) is 8.73. The van der Waals surface area contributed by atoms with Gasteiger partial charge in [0.25, 0.3) is 0 Å². The van der Waals surface area contributed by atoms with Crippen LogP contribution < -0.4 is 5.32 Å². The molecule has 0 aromatic rings. The molecule has 3 nitrogen and oxygen atoms in total. The van der Waals surface area contributed by atoms with Crippen LogP contribution in [0.5, 0.6) is 0 Å². The first-order chi connectivity index (χ1) is 9.65. The molecule has 0 amide bonds. The van der Waals surface area contributed by atoms with Crippen molar-refractivity contribution >= 4 is 0 Å². The summed E-state index contributed by atoms with van der Waals surface area (Å²) >= 11 is 0. The minimum absolute atomic E-state index is 0.346. The highest BCUT2D eigenvalue weighted by molar-refractivity contribution is 4.92. The predicted octanol–water partition coefficient (Wildman–Crippen LogP) is 2.78. The summed E-state index contributed by atoms with van der Waals surface area (Å²) in [7, 11) is 0. The predicted molar refractivity (Wildman–Crippen MR) is 85.0 cm³/mol. The smallest absolute Gasteiger partial charge is 0.0445 e. The lowest BCUT2D eigenvalue weighted by atomic mass is 9.83. The molecule has 1 saturated carbocycles. The summed E-state index contributed by atoms with van der Waals surface area (Å²) in [6.45, 7) is 8.51. The second-order valence-electron chi connectivity index (χ2n) is 7.38. The first-order valence-corrected chi connectivity index (χ1v) is 8.73. The standard InChI is InChI=1S/C17H34N2O/c1-15(2)18-13-17(9-4-5-10-17)14-19-11-6-3-7-16(19)8-12-20/h15-16,18,20H,3-14H2,1-2H3. The van der Waals surface area contributed by atoms with Crippen LogP contribution in [0.4, 0.5) is 0 Å². The average Bonchev–Trinajstić information content (AvgIpc) is 2.88. The van der Waals surface area contributed by atoms with Crippen molar-refractivity contribution < 1.29 is 5.11 Å². The summed E-state index contributed by atoms with van der Waals surface area (Å²) in [6.07, 6.45) is 10.5. The van der Waals surface area contributed by atoms with E-state index in [-0.39, 0.29) is 0 Å². The Balaban J connectivity index is 1.95. The Hall–Kier alpha value is -0.120. The van der Waals surface area contributed by atoms with Gasteiger partial charge in [-0.2, -0.15) is 0 Å². The third-order valence-corrected chi connectivity index (χ3v) is 5.30. The number of aliphatic hydroxyl groups is 1. The summed E-state index contributed by atoms with van der Waals surface area (Å²) in [5, 5.41) is 13.0. The summed E-state index contributed by atoms with van der Waals surface area (Å²) in [5.41, 5.74) is 0.495. The van der Waals surface area contributed by atoms with E-state index >= 15 is 0 Å². The van der Waals surface area contributed by atoms with Crippen molar-refractivity contribution in [3.8, 4) is 0 Å². The normalized spacial score (nSPS) is 27.3. The van der Waals surface area contributed by atoms with Crippen molar-refractivity contribution in [1.29, 1.82) is 0 Å². The van der Waals surface area contributed by atoms with Crippen LogP contribution in [-0.4, -0.2) is 48.3 Å². The van der Waals surface area contributed by atoms with E-state index in [0.29, 0.717) is 24.1 Å². The van der Waals surface area contributed by atoms with Gasteiger partial charge in [0.1, 0.15) is 0 Å². The number of nitrogens with one attached hydrogen (secondary N) is 1. The molecule has 1 heterocycles. The molecule has 1 unspecified atom stereocenters. The van der Waals surface area contributed by atoms with E-state index in [1.807, 2.05) is 0 Å². The number of nitrogens with zero attached hydrogens (tertiary/aromatic N) is 1. The third-order valence-electron chi connectivity index (χ3n) is 5.30. The topological polar surface area (TPSA) is 35.5 Å². The van der Waals surface area contributed by atoms with Crippen LogP contribution in [0.25, 0.3) is 0 Å². The highest BCUT2D eigenvalue weighted by Gasteiger charge is 2.37. The van der Waals surface area contributed by atoms with Gasteiger partial charge in [0, 0.05) is 31.8 Å². The molecule has 2 N–H and O–H groups in total. The van der Waals surface area contributed by atoms with Crippen LogP contribution in [0.15, 0.2) is 0 Å². The van der Waals surface area contributed by atoms with Gasteiger partial charge in [-0.1, -0.05) is 33.1 Å². The zero-order valence-corrected chi connectivity index (χ0v) is 13.5. The fourth-order valence-electron chi connectivity index (χ4n) is 4.11. The van der Waals surface area contributed by atoms with Crippen LogP contribution >= 0.6 is 0 Å². The van der Waals surface area contributed by atoms with E-state index in [1.165, 1.54) is 64.6 Å². The summed E-state index contributed by atoms with van der Waals surface area (Å²) in [4.78, 5) is 2.70.